The molecule has 10 rings (SSSR count). The van der Waals surface area contributed by atoms with Crippen LogP contribution in [0.1, 0.15) is 24.1 Å². The predicted octanol–water partition coefficient (Wildman–Crippen LogP) is 8.59. The Morgan fingerprint density at radius 1 is 0.457 bits per heavy atom. The zero-order chi connectivity index (χ0) is 30.2. The molecular weight excluding hydrogens is 557 g/mol. The van der Waals surface area contributed by atoms with Gasteiger partial charge < -0.3 is 14.4 Å². The first-order valence-corrected chi connectivity index (χ1v) is 16.5. The topological polar surface area (TPSA) is 11.4 Å². The van der Waals surface area contributed by atoms with E-state index >= 15 is 0 Å². The molecule has 0 bridgehead atoms. The molecule has 2 aliphatic heterocycles. The largest absolute Gasteiger partial charge is 0.313 e. The molecule has 0 saturated heterocycles. The van der Waals surface area contributed by atoms with Crippen LogP contribution in [0.25, 0.3) is 16.6 Å². The van der Waals surface area contributed by atoms with Crippen molar-refractivity contribution in [1.82, 2.24) is 4.57 Å². The lowest BCUT2D eigenvalue weighted by Crippen LogP contribution is -2.61. The van der Waals surface area contributed by atoms with Gasteiger partial charge in [-0.15, -0.1) is 0 Å². The van der Waals surface area contributed by atoms with Crippen molar-refractivity contribution in [1.29, 1.82) is 0 Å². The van der Waals surface area contributed by atoms with Gasteiger partial charge in [0.1, 0.15) is 0 Å². The van der Waals surface area contributed by atoms with Gasteiger partial charge in [0.25, 0.3) is 6.71 Å². The molecule has 0 radical (unpaired) electrons. The van der Waals surface area contributed by atoms with Crippen molar-refractivity contribution in [2.75, 3.05) is 9.80 Å². The maximum atomic E-state index is 2.59. The normalized spacial score (nSPS) is 14.5. The van der Waals surface area contributed by atoms with Crippen LogP contribution in [0.2, 0.25) is 0 Å². The average Bonchev–Trinajstić information content (AvgIpc) is 3.46. The smallest absolute Gasteiger partial charge is 0.252 e. The summed E-state index contributed by atoms with van der Waals surface area (Å²) in [7, 11) is 0. The number of hydrogen-bond donors (Lipinski definition) is 0. The number of aryl methyl sites for hydroxylation is 1. The van der Waals surface area contributed by atoms with Crippen molar-refractivity contribution in [3.05, 3.63) is 157 Å². The summed E-state index contributed by atoms with van der Waals surface area (Å²) in [5, 5.41) is 1.40. The molecule has 6 aromatic carbocycles. The van der Waals surface area contributed by atoms with Crippen LogP contribution in [0.5, 0.6) is 0 Å². The Labute approximate surface area is 270 Å². The highest BCUT2D eigenvalue weighted by atomic mass is 15.2. The maximum Gasteiger partial charge on any atom is 0.252 e. The fourth-order valence-electron chi connectivity index (χ4n) is 8.51. The van der Waals surface area contributed by atoms with E-state index in [9.17, 15) is 0 Å². The molecule has 0 amide bonds. The zero-order valence-corrected chi connectivity index (χ0v) is 25.6. The van der Waals surface area contributed by atoms with Crippen LogP contribution in [-0.2, 0) is 12.8 Å². The van der Waals surface area contributed by atoms with E-state index in [1.54, 1.807) is 0 Å². The SMILES string of the molecule is c1ccc(N2c3ccccc3B3c4ccccc4N(c4ccccc4)c4cc(-n5c6c(c7ccccc75)CCCC6)cc2c43)cc1. The molecule has 3 heterocycles. The molecule has 0 N–H and O–H groups in total. The van der Waals surface area contributed by atoms with Gasteiger partial charge in [-0.1, -0.05) is 91.0 Å². The molecule has 4 heteroatoms. The van der Waals surface area contributed by atoms with Crippen molar-refractivity contribution in [2.45, 2.75) is 25.7 Å². The fourth-order valence-corrected chi connectivity index (χ4v) is 8.51. The summed E-state index contributed by atoms with van der Waals surface area (Å²) in [6.07, 6.45) is 4.75. The van der Waals surface area contributed by atoms with E-state index in [-0.39, 0.29) is 6.71 Å². The Kier molecular flexibility index (Phi) is 5.62. The van der Waals surface area contributed by atoms with Crippen LogP contribution < -0.4 is 26.2 Å². The van der Waals surface area contributed by atoms with Crippen LogP contribution in [0.4, 0.5) is 34.1 Å². The predicted molar refractivity (Wildman–Crippen MR) is 194 cm³/mol. The molecule has 7 aromatic rings. The molecule has 0 fully saturated rings. The summed E-state index contributed by atoms with van der Waals surface area (Å²) in [5.41, 5.74) is 16.9. The third-order valence-corrected chi connectivity index (χ3v) is 10.3. The molecule has 0 unspecified atom stereocenters. The molecule has 3 aliphatic rings. The van der Waals surface area contributed by atoms with Gasteiger partial charge in [-0.25, -0.2) is 0 Å². The van der Waals surface area contributed by atoms with Gasteiger partial charge in [-0.2, -0.15) is 0 Å². The third-order valence-electron chi connectivity index (χ3n) is 10.3. The highest BCUT2D eigenvalue weighted by molar-refractivity contribution is 7.00. The van der Waals surface area contributed by atoms with Crippen LogP contribution in [0.15, 0.2) is 146 Å². The standard InChI is InChI=1S/C42H32BN3/c1-3-15-29(16-4-1)44-38-25-13-9-21-34(38)43-35-22-10-14-26-39(35)45(30-17-5-2-6-18-30)41-28-31(27-40(44)42(41)43)46-36-23-11-7-19-32(36)33-20-8-12-24-37(33)46/h1-7,9-11,13-19,21-23,25-28H,8,12,20,24H2. The van der Waals surface area contributed by atoms with Gasteiger partial charge in [0, 0.05) is 50.9 Å². The van der Waals surface area contributed by atoms with Gasteiger partial charge in [-0.3, -0.25) is 0 Å². The molecule has 0 spiro atoms. The monoisotopic (exact) mass is 589 g/mol. The molecule has 46 heavy (non-hydrogen) atoms. The molecule has 0 atom stereocenters. The van der Waals surface area contributed by atoms with Gasteiger partial charge >= 0.3 is 0 Å². The molecule has 1 aliphatic carbocycles. The highest BCUT2D eigenvalue weighted by Gasteiger charge is 2.43. The first kappa shape index (κ1) is 25.8. The van der Waals surface area contributed by atoms with Crippen molar-refractivity contribution >= 4 is 68.1 Å². The van der Waals surface area contributed by atoms with E-state index in [0.717, 1.165) is 12.8 Å². The summed E-state index contributed by atoms with van der Waals surface area (Å²) < 4.78 is 2.59. The number of para-hydroxylation sites is 5. The molecule has 218 valence electrons. The first-order valence-electron chi connectivity index (χ1n) is 16.5. The number of fused-ring (bicyclic) bond motifs is 7. The van der Waals surface area contributed by atoms with Crippen molar-refractivity contribution in [3.63, 3.8) is 0 Å². The van der Waals surface area contributed by atoms with E-state index in [2.05, 4.69) is 160 Å². The Hall–Kier alpha value is -5.48. The van der Waals surface area contributed by atoms with Gasteiger partial charge in [0.2, 0.25) is 0 Å². The minimum atomic E-state index is 0.127. The summed E-state index contributed by atoms with van der Waals surface area (Å²) in [5.74, 6) is 0. The fraction of sp³-hybridized carbons (Fsp3) is 0.0952. The van der Waals surface area contributed by atoms with E-state index < -0.39 is 0 Å². The molecule has 0 saturated carbocycles. The van der Waals surface area contributed by atoms with E-state index in [1.807, 2.05) is 0 Å². The van der Waals surface area contributed by atoms with E-state index in [0.29, 0.717) is 0 Å². The minimum Gasteiger partial charge on any atom is -0.313 e. The van der Waals surface area contributed by atoms with E-state index in [1.165, 1.54) is 91.2 Å². The summed E-state index contributed by atoms with van der Waals surface area (Å²) in [6, 6.07) is 53.9. The van der Waals surface area contributed by atoms with Crippen LogP contribution >= 0.6 is 0 Å². The number of benzene rings is 6. The highest BCUT2D eigenvalue weighted by Crippen LogP contribution is 2.46. The lowest BCUT2D eigenvalue weighted by molar-refractivity contribution is 0.667. The summed E-state index contributed by atoms with van der Waals surface area (Å²) in [6.45, 7) is 0.127. The second-order valence-corrected chi connectivity index (χ2v) is 12.8. The second kappa shape index (κ2) is 10.0. The first-order chi connectivity index (χ1) is 22.9. The molecular formula is C42H32BN3. The Morgan fingerprint density at radius 3 is 1.61 bits per heavy atom. The lowest BCUT2D eigenvalue weighted by atomic mass is 9.33. The Balaban J connectivity index is 1.36. The number of nitrogens with zero attached hydrogens (tertiary/aromatic N) is 3. The Bertz CT molecular complexity index is 2180. The van der Waals surface area contributed by atoms with Crippen molar-refractivity contribution in [2.24, 2.45) is 0 Å². The number of anilines is 6. The number of aromatic nitrogens is 1. The molecule has 3 nitrogen and oxygen atoms in total. The van der Waals surface area contributed by atoms with Gasteiger partial charge in [-0.05, 0) is 102 Å². The van der Waals surface area contributed by atoms with Crippen LogP contribution in [-0.4, -0.2) is 11.3 Å². The van der Waals surface area contributed by atoms with Gasteiger partial charge in [0.15, 0.2) is 0 Å². The number of hydrogen-bond acceptors (Lipinski definition) is 2. The third kappa shape index (κ3) is 3.61. The quantitative estimate of drug-likeness (QED) is 0.191. The lowest BCUT2D eigenvalue weighted by Gasteiger charge is -2.44. The second-order valence-electron chi connectivity index (χ2n) is 12.8. The summed E-state index contributed by atoms with van der Waals surface area (Å²) in [4.78, 5) is 5.01. The Morgan fingerprint density at radius 2 is 0.978 bits per heavy atom. The zero-order valence-electron chi connectivity index (χ0n) is 25.6. The van der Waals surface area contributed by atoms with Gasteiger partial charge in [0.05, 0.1) is 5.52 Å². The van der Waals surface area contributed by atoms with Crippen LogP contribution in [0.3, 0.4) is 0 Å². The van der Waals surface area contributed by atoms with Crippen LogP contribution in [0, 0.1) is 0 Å². The van der Waals surface area contributed by atoms with E-state index in [4.69, 9.17) is 0 Å². The average molecular weight is 590 g/mol. The summed E-state index contributed by atoms with van der Waals surface area (Å²) >= 11 is 0. The van der Waals surface area contributed by atoms with Crippen molar-refractivity contribution < 1.29 is 0 Å². The van der Waals surface area contributed by atoms with Crippen molar-refractivity contribution in [3.8, 4) is 5.69 Å². The molecule has 1 aromatic heterocycles. The maximum absolute atomic E-state index is 2.59. The minimum absolute atomic E-state index is 0.127. The number of rotatable bonds is 3.